The van der Waals surface area contributed by atoms with Crippen LogP contribution in [0.2, 0.25) is 0 Å². The zero-order valence-electron chi connectivity index (χ0n) is 10.6. The number of hydrogen-bond acceptors (Lipinski definition) is 4. The van der Waals surface area contributed by atoms with Crippen LogP contribution >= 0.6 is 11.8 Å². The summed E-state index contributed by atoms with van der Waals surface area (Å²) in [6, 6.07) is 10.9. The molecule has 1 atom stereocenters. The Morgan fingerprint density at radius 2 is 2.00 bits per heavy atom. The van der Waals surface area contributed by atoms with Crippen molar-refractivity contribution < 1.29 is 0 Å². The lowest BCUT2D eigenvalue weighted by atomic mass is 10.1. The van der Waals surface area contributed by atoms with Crippen LogP contribution in [0.3, 0.4) is 0 Å². The summed E-state index contributed by atoms with van der Waals surface area (Å²) in [6.07, 6.45) is 3.33. The predicted octanol–water partition coefficient (Wildman–Crippen LogP) is 3.30. The highest BCUT2D eigenvalue weighted by Crippen LogP contribution is 2.26. The van der Waals surface area contributed by atoms with Gasteiger partial charge in [0.05, 0.1) is 0 Å². The molecule has 0 aliphatic heterocycles. The van der Waals surface area contributed by atoms with Crippen LogP contribution in [0.5, 0.6) is 0 Å². The Bertz CT molecular complexity index is 470. The summed E-state index contributed by atoms with van der Waals surface area (Å²) >= 11 is 1.65. The molecule has 1 N–H and O–H groups in total. The first kappa shape index (κ1) is 13.1. The van der Waals surface area contributed by atoms with Crippen LogP contribution in [0.25, 0.3) is 0 Å². The second kappa shape index (κ2) is 6.52. The minimum atomic E-state index is 0.396. The van der Waals surface area contributed by atoms with Gasteiger partial charge < -0.3 is 5.32 Å². The Balaban J connectivity index is 2.04. The van der Waals surface area contributed by atoms with Crippen LogP contribution in [0.4, 0.5) is 0 Å². The molecular weight excluding hydrogens is 242 g/mol. The predicted molar refractivity (Wildman–Crippen MR) is 74.7 cm³/mol. The summed E-state index contributed by atoms with van der Waals surface area (Å²) in [7, 11) is 0. The molecule has 1 aromatic carbocycles. The van der Waals surface area contributed by atoms with Gasteiger partial charge in [-0.25, -0.2) is 9.97 Å². The fourth-order valence-electron chi connectivity index (χ4n) is 1.71. The Morgan fingerprint density at radius 1 is 1.22 bits per heavy atom. The zero-order valence-corrected chi connectivity index (χ0v) is 11.4. The fraction of sp³-hybridized carbons (Fsp3) is 0.286. The standard InChI is InChI=1S/C14H17N3S/c1-3-16-11(2)12-4-6-13(7-5-12)18-14-8-9-15-10-17-14/h4-11,16H,3H2,1-2H3. The highest BCUT2D eigenvalue weighted by atomic mass is 32.2. The topological polar surface area (TPSA) is 37.8 Å². The van der Waals surface area contributed by atoms with E-state index in [0.29, 0.717) is 6.04 Å². The van der Waals surface area contributed by atoms with Gasteiger partial charge in [0.2, 0.25) is 0 Å². The first-order valence-corrected chi connectivity index (χ1v) is 6.88. The first-order valence-electron chi connectivity index (χ1n) is 6.07. The second-order valence-electron chi connectivity index (χ2n) is 4.00. The van der Waals surface area contributed by atoms with E-state index >= 15 is 0 Å². The largest absolute Gasteiger partial charge is 0.310 e. The van der Waals surface area contributed by atoms with Crippen molar-refractivity contribution in [2.24, 2.45) is 0 Å². The molecule has 1 unspecified atom stereocenters. The smallest absolute Gasteiger partial charge is 0.116 e. The van der Waals surface area contributed by atoms with Gasteiger partial charge in [0, 0.05) is 17.1 Å². The molecule has 2 rings (SSSR count). The van der Waals surface area contributed by atoms with Gasteiger partial charge >= 0.3 is 0 Å². The molecule has 2 aromatic rings. The van der Waals surface area contributed by atoms with E-state index in [1.807, 2.05) is 6.07 Å². The molecule has 0 amide bonds. The quantitative estimate of drug-likeness (QED) is 0.836. The SMILES string of the molecule is CCNC(C)c1ccc(Sc2ccncn2)cc1. The monoisotopic (exact) mass is 259 g/mol. The Morgan fingerprint density at radius 3 is 2.61 bits per heavy atom. The third-order valence-electron chi connectivity index (χ3n) is 2.67. The van der Waals surface area contributed by atoms with Crippen molar-refractivity contribution in [3.63, 3.8) is 0 Å². The summed E-state index contributed by atoms with van der Waals surface area (Å²) in [5.41, 5.74) is 1.31. The van der Waals surface area contributed by atoms with Crippen molar-refractivity contribution in [3.8, 4) is 0 Å². The van der Waals surface area contributed by atoms with Gasteiger partial charge in [0.15, 0.2) is 0 Å². The summed E-state index contributed by atoms with van der Waals surface area (Å²) in [6.45, 7) is 5.28. The number of rotatable bonds is 5. The fourth-order valence-corrected chi connectivity index (χ4v) is 2.45. The molecule has 0 saturated heterocycles. The third-order valence-corrected chi connectivity index (χ3v) is 3.63. The lowest BCUT2D eigenvalue weighted by Gasteiger charge is -2.12. The van der Waals surface area contributed by atoms with Crippen molar-refractivity contribution in [2.45, 2.75) is 29.8 Å². The summed E-state index contributed by atoms with van der Waals surface area (Å²) in [5.74, 6) is 0. The highest BCUT2D eigenvalue weighted by molar-refractivity contribution is 7.99. The van der Waals surface area contributed by atoms with Gasteiger partial charge in [-0.1, -0.05) is 30.8 Å². The second-order valence-corrected chi connectivity index (χ2v) is 5.09. The molecule has 0 saturated carbocycles. The summed E-state index contributed by atoms with van der Waals surface area (Å²) in [4.78, 5) is 9.31. The molecule has 1 heterocycles. The van der Waals surface area contributed by atoms with Crippen molar-refractivity contribution in [3.05, 3.63) is 48.4 Å². The average Bonchev–Trinajstić information content (AvgIpc) is 2.41. The third kappa shape index (κ3) is 3.55. The molecule has 94 valence electrons. The van der Waals surface area contributed by atoms with Gasteiger partial charge in [-0.15, -0.1) is 0 Å². The van der Waals surface area contributed by atoms with Crippen LogP contribution < -0.4 is 5.32 Å². The van der Waals surface area contributed by atoms with Gasteiger partial charge in [0.1, 0.15) is 11.4 Å². The van der Waals surface area contributed by atoms with Gasteiger partial charge in [-0.2, -0.15) is 0 Å². The minimum absolute atomic E-state index is 0.396. The van der Waals surface area contributed by atoms with Gasteiger partial charge in [-0.05, 0) is 37.2 Å². The van der Waals surface area contributed by atoms with Crippen molar-refractivity contribution in [1.82, 2.24) is 15.3 Å². The van der Waals surface area contributed by atoms with E-state index in [9.17, 15) is 0 Å². The molecule has 1 aromatic heterocycles. The molecule has 18 heavy (non-hydrogen) atoms. The van der Waals surface area contributed by atoms with Crippen LogP contribution in [-0.2, 0) is 0 Å². The Kier molecular flexibility index (Phi) is 4.73. The van der Waals surface area contributed by atoms with Gasteiger partial charge in [0.25, 0.3) is 0 Å². The van der Waals surface area contributed by atoms with E-state index in [1.165, 1.54) is 10.5 Å². The van der Waals surface area contributed by atoms with E-state index in [4.69, 9.17) is 0 Å². The average molecular weight is 259 g/mol. The highest BCUT2D eigenvalue weighted by Gasteiger charge is 2.04. The number of aromatic nitrogens is 2. The number of benzene rings is 1. The number of hydrogen-bond donors (Lipinski definition) is 1. The van der Waals surface area contributed by atoms with Gasteiger partial charge in [-0.3, -0.25) is 0 Å². The Hall–Kier alpha value is -1.39. The van der Waals surface area contributed by atoms with E-state index in [-0.39, 0.29) is 0 Å². The van der Waals surface area contributed by atoms with Crippen molar-refractivity contribution >= 4 is 11.8 Å². The Labute approximate surface area is 112 Å². The summed E-state index contributed by atoms with van der Waals surface area (Å²) < 4.78 is 0. The van der Waals surface area contributed by atoms with E-state index in [1.54, 1.807) is 24.3 Å². The van der Waals surface area contributed by atoms with E-state index < -0.39 is 0 Å². The molecule has 0 bridgehead atoms. The van der Waals surface area contributed by atoms with Crippen LogP contribution in [-0.4, -0.2) is 16.5 Å². The number of nitrogens with one attached hydrogen (secondary N) is 1. The molecule has 0 aliphatic rings. The zero-order chi connectivity index (χ0) is 12.8. The van der Waals surface area contributed by atoms with Crippen LogP contribution in [0.15, 0.2) is 52.8 Å². The molecule has 0 fully saturated rings. The molecule has 3 nitrogen and oxygen atoms in total. The molecule has 0 spiro atoms. The lowest BCUT2D eigenvalue weighted by molar-refractivity contribution is 0.598. The molecule has 0 radical (unpaired) electrons. The minimum Gasteiger partial charge on any atom is -0.310 e. The molecular formula is C14H17N3S. The van der Waals surface area contributed by atoms with Crippen LogP contribution in [0.1, 0.15) is 25.5 Å². The molecule has 4 heteroatoms. The maximum Gasteiger partial charge on any atom is 0.116 e. The maximum absolute atomic E-state index is 4.20. The normalized spacial score (nSPS) is 12.3. The maximum atomic E-state index is 4.20. The lowest BCUT2D eigenvalue weighted by Crippen LogP contribution is -2.17. The first-order chi connectivity index (χ1) is 8.79. The van der Waals surface area contributed by atoms with E-state index in [0.717, 1.165) is 11.6 Å². The molecule has 0 aliphatic carbocycles. The summed E-state index contributed by atoms with van der Waals surface area (Å²) in [5, 5.41) is 4.37. The van der Waals surface area contributed by atoms with Crippen molar-refractivity contribution in [2.75, 3.05) is 6.54 Å². The number of nitrogens with zero attached hydrogens (tertiary/aromatic N) is 2. The van der Waals surface area contributed by atoms with Crippen molar-refractivity contribution in [1.29, 1.82) is 0 Å². The van der Waals surface area contributed by atoms with Crippen LogP contribution in [0, 0.1) is 0 Å². The van der Waals surface area contributed by atoms with E-state index in [2.05, 4.69) is 53.4 Å².